The number of nitrogens with zero attached hydrogens (tertiary/aromatic N) is 1. The van der Waals surface area contributed by atoms with Gasteiger partial charge in [0.1, 0.15) is 0 Å². The van der Waals surface area contributed by atoms with Gasteiger partial charge in [0.2, 0.25) is 0 Å². The zero-order chi connectivity index (χ0) is 23.6. The second-order valence-electron chi connectivity index (χ2n) is 9.61. The lowest BCUT2D eigenvalue weighted by molar-refractivity contribution is -0.143. The molecular formula is C23H32F6N2O. The Morgan fingerprint density at radius 2 is 1.59 bits per heavy atom. The average Bonchev–Trinajstić information content (AvgIpc) is 3.10. The molecule has 9 heteroatoms. The molecule has 3 rings (SSSR count). The first-order valence-electron chi connectivity index (χ1n) is 11.3. The van der Waals surface area contributed by atoms with Crippen molar-refractivity contribution in [2.45, 2.75) is 89.3 Å². The summed E-state index contributed by atoms with van der Waals surface area (Å²) in [5.41, 5.74) is -0.489. The number of halogens is 6. The maximum absolute atomic E-state index is 13.1. The number of hydroxylamine groups is 1. The zero-order valence-corrected chi connectivity index (χ0v) is 18.6. The molecule has 32 heavy (non-hydrogen) atoms. The molecule has 3 nitrogen and oxygen atoms in total. The van der Waals surface area contributed by atoms with Crippen molar-refractivity contribution in [3.63, 3.8) is 0 Å². The lowest BCUT2D eigenvalue weighted by Gasteiger charge is -2.35. The number of hydrogen-bond acceptors (Lipinski definition) is 3. The van der Waals surface area contributed by atoms with Crippen LogP contribution >= 0.6 is 0 Å². The quantitative estimate of drug-likeness (QED) is 0.363. The van der Waals surface area contributed by atoms with Gasteiger partial charge in [-0.1, -0.05) is 20.3 Å². The molecule has 2 fully saturated rings. The lowest BCUT2D eigenvalue weighted by Crippen LogP contribution is -2.42. The molecule has 0 radical (unpaired) electrons. The molecule has 1 N–H and O–H groups in total. The summed E-state index contributed by atoms with van der Waals surface area (Å²) in [5, 5.41) is 0. The van der Waals surface area contributed by atoms with Crippen LogP contribution < -0.4 is 5.48 Å². The summed E-state index contributed by atoms with van der Waals surface area (Å²) >= 11 is 0. The van der Waals surface area contributed by atoms with Gasteiger partial charge in [0.05, 0.1) is 16.7 Å². The molecule has 1 aliphatic heterocycles. The fraction of sp³-hybridized carbons (Fsp3) is 0.739. The van der Waals surface area contributed by atoms with E-state index >= 15 is 0 Å². The molecule has 0 amide bonds. The summed E-state index contributed by atoms with van der Waals surface area (Å²) in [7, 11) is 0. The van der Waals surface area contributed by atoms with Crippen molar-refractivity contribution in [1.29, 1.82) is 0 Å². The minimum absolute atomic E-state index is 0.113. The molecule has 2 unspecified atom stereocenters. The van der Waals surface area contributed by atoms with E-state index in [1.54, 1.807) is 0 Å². The van der Waals surface area contributed by atoms with Gasteiger partial charge in [0.25, 0.3) is 0 Å². The third-order valence-corrected chi connectivity index (χ3v) is 6.44. The van der Waals surface area contributed by atoms with Crippen LogP contribution in [0.15, 0.2) is 18.2 Å². The van der Waals surface area contributed by atoms with E-state index in [1.165, 1.54) is 19.3 Å². The Labute approximate surface area is 185 Å². The Kier molecular flexibility index (Phi) is 7.82. The number of piperidine rings is 1. The van der Waals surface area contributed by atoms with Gasteiger partial charge in [-0.3, -0.25) is 4.84 Å². The largest absolute Gasteiger partial charge is 0.416 e. The lowest BCUT2D eigenvalue weighted by atomic mass is 9.90. The number of rotatable bonds is 7. The molecule has 2 atom stereocenters. The summed E-state index contributed by atoms with van der Waals surface area (Å²) < 4.78 is 78.6. The van der Waals surface area contributed by atoms with Crippen LogP contribution in [0.3, 0.4) is 0 Å². The van der Waals surface area contributed by atoms with Crippen molar-refractivity contribution in [2.24, 2.45) is 5.92 Å². The van der Waals surface area contributed by atoms with Gasteiger partial charge in [0, 0.05) is 12.6 Å². The Hall–Kier alpha value is -1.32. The number of likely N-dealkylation sites (tertiary alicyclic amines) is 1. The first-order valence-corrected chi connectivity index (χ1v) is 11.3. The van der Waals surface area contributed by atoms with Crippen molar-refractivity contribution >= 4 is 0 Å². The van der Waals surface area contributed by atoms with Crippen molar-refractivity contribution in [1.82, 2.24) is 10.4 Å². The maximum atomic E-state index is 13.1. The first-order chi connectivity index (χ1) is 14.9. The van der Waals surface area contributed by atoms with E-state index in [2.05, 4.69) is 24.2 Å². The number of nitrogens with one attached hydrogen (secondary N) is 1. The van der Waals surface area contributed by atoms with Crippen LogP contribution in [0.2, 0.25) is 0 Å². The predicted molar refractivity (Wildman–Crippen MR) is 110 cm³/mol. The van der Waals surface area contributed by atoms with Crippen molar-refractivity contribution < 1.29 is 31.2 Å². The van der Waals surface area contributed by atoms with Gasteiger partial charge in [-0.2, -0.15) is 31.8 Å². The fourth-order valence-corrected chi connectivity index (χ4v) is 5.12. The second-order valence-corrected chi connectivity index (χ2v) is 9.61. The molecule has 1 heterocycles. The van der Waals surface area contributed by atoms with Crippen LogP contribution in [0.5, 0.6) is 0 Å². The van der Waals surface area contributed by atoms with E-state index in [4.69, 9.17) is 4.84 Å². The maximum Gasteiger partial charge on any atom is 0.416 e. The van der Waals surface area contributed by atoms with Gasteiger partial charge >= 0.3 is 12.4 Å². The molecule has 0 aromatic heterocycles. The van der Waals surface area contributed by atoms with Crippen molar-refractivity contribution in [3.8, 4) is 0 Å². The third kappa shape index (κ3) is 6.60. The number of alkyl halides is 6. The Balaban J connectivity index is 1.69. The smallest absolute Gasteiger partial charge is 0.300 e. The summed E-state index contributed by atoms with van der Waals surface area (Å²) in [6.45, 7) is 6.07. The van der Waals surface area contributed by atoms with Gasteiger partial charge in [-0.25, -0.2) is 0 Å². The van der Waals surface area contributed by atoms with E-state index in [0.29, 0.717) is 12.0 Å². The Morgan fingerprint density at radius 3 is 2.12 bits per heavy atom. The van der Waals surface area contributed by atoms with E-state index in [9.17, 15) is 26.3 Å². The van der Waals surface area contributed by atoms with E-state index < -0.39 is 29.1 Å². The summed E-state index contributed by atoms with van der Waals surface area (Å²) in [5.74, 6) is 0.349. The highest BCUT2D eigenvalue weighted by atomic mass is 19.4. The van der Waals surface area contributed by atoms with Crippen LogP contribution in [0.1, 0.15) is 75.5 Å². The fourth-order valence-electron chi connectivity index (χ4n) is 5.12. The molecule has 1 saturated heterocycles. The van der Waals surface area contributed by atoms with Gasteiger partial charge in [-0.15, -0.1) is 0 Å². The van der Waals surface area contributed by atoms with Crippen LogP contribution in [0.4, 0.5) is 26.3 Å². The van der Waals surface area contributed by atoms with Gasteiger partial charge in [0.15, 0.2) is 0 Å². The molecule has 2 aliphatic rings. The zero-order valence-electron chi connectivity index (χ0n) is 18.6. The Morgan fingerprint density at radius 1 is 1.00 bits per heavy atom. The van der Waals surface area contributed by atoms with Crippen LogP contribution in [-0.4, -0.2) is 29.6 Å². The molecule has 1 aromatic carbocycles. The normalized spacial score (nSPS) is 25.6. The first kappa shape index (κ1) is 25.3. The predicted octanol–water partition coefficient (Wildman–Crippen LogP) is 6.57. The molecule has 0 bridgehead atoms. The molecule has 1 saturated carbocycles. The van der Waals surface area contributed by atoms with E-state index in [0.717, 1.165) is 50.9 Å². The van der Waals surface area contributed by atoms with Crippen molar-refractivity contribution in [3.05, 3.63) is 34.9 Å². The second kappa shape index (κ2) is 9.89. The topological polar surface area (TPSA) is 24.5 Å². The number of benzene rings is 1. The molecule has 1 aliphatic carbocycles. The van der Waals surface area contributed by atoms with Crippen LogP contribution in [-0.2, 0) is 23.7 Å². The molecule has 0 spiro atoms. The molecule has 1 aromatic rings. The van der Waals surface area contributed by atoms with E-state index in [-0.39, 0.29) is 18.2 Å². The highest BCUT2D eigenvalue weighted by Gasteiger charge is 2.43. The minimum Gasteiger partial charge on any atom is -0.300 e. The summed E-state index contributed by atoms with van der Waals surface area (Å²) in [6, 6.07) is 2.03. The van der Waals surface area contributed by atoms with Crippen LogP contribution in [0.25, 0.3) is 0 Å². The summed E-state index contributed by atoms with van der Waals surface area (Å²) in [4.78, 5) is 8.54. The third-order valence-electron chi connectivity index (χ3n) is 6.44. The highest BCUT2D eigenvalue weighted by molar-refractivity contribution is 5.33. The monoisotopic (exact) mass is 466 g/mol. The van der Waals surface area contributed by atoms with Crippen LogP contribution in [0, 0.1) is 5.92 Å². The van der Waals surface area contributed by atoms with Gasteiger partial charge < -0.3 is 4.90 Å². The minimum atomic E-state index is -4.86. The molecule has 182 valence electrons. The Bertz CT molecular complexity index is 726. The van der Waals surface area contributed by atoms with E-state index in [1.807, 2.05) is 0 Å². The highest BCUT2D eigenvalue weighted by Crippen LogP contribution is 2.41. The molecular weight excluding hydrogens is 434 g/mol. The SMILES string of the molecule is CC(C)CC1(ONCc2cc(C(F)(F)F)cc(C(F)(F)F)c2)CCC(N2CCCCC2)C1. The van der Waals surface area contributed by atoms with Gasteiger partial charge in [-0.05, 0) is 81.3 Å². The van der Waals surface area contributed by atoms with Crippen molar-refractivity contribution in [2.75, 3.05) is 13.1 Å². The summed E-state index contributed by atoms with van der Waals surface area (Å²) in [6.07, 6.45) is -2.71. The average molecular weight is 467 g/mol. The number of hydrogen-bond donors (Lipinski definition) is 1. The standard InChI is InChI=1S/C23H32F6N2O/c1-16(2)13-21(7-6-20(14-21)31-8-4-3-5-9-31)32-30-15-17-10-18(22(24,25)26)12-19(11-17)23(27,28)29/h10-12,16,20,30H,3-9,13-15H2,1-2H3.